The Morgan fingerprint density at radius 1 is 1.12 bits per heavy atom. The summed E-state index contributed by atoms with van der Waals surface area (Å²) in [5.74, 6) is 0.620. The van der Waals surface area contributed by atoms with Gasteiger partial charge in [-0.15, -0.1) is 12.4 Å². The van der Waals surface area contributed by atoms with Gasteiger partial charge in [0.1, 0.15) is 0 Å². The number of benzene rings is 2. The zero-order chi connectivity index (χ0) is 21.0. The van der Waals surface area contributed by atoms with E-state index < -0.39 is 0 Å². The van der Waals surface area contributed by atoms with Crippen LogP contribution in [0, 0.1) is 5.92 Å². The maximum Gasteiger partial charge on any atom is 0.253 e. The van der Waals surface area contributed by atoms with Crippen LogP contribution in [0.15, 0.2) is 76.3 Å². The second-order valence-electron chi connectivity index (χ2n) is 8.06. The Morgan fingerprint density at radius 3 is 2.59 bits per heavy atom. The molecule has 2 unspecified atom stereocenters. The fourth-order valence-electron chi connectivity index (χ4n) is 4.61. The lowest BCUT2D eigenvalue weighted by Crippen LogP contribution is -2.33. The maximum atomic E-state index is 13.3. The van der Waals surface area contributed by atoms with Crippen molar-refractivity contribution in [3.8, 4) is 0 Å². The number of hydrazone groups is 1. The molecule has 2 aromatic rings. The summed E-state index contributed by atoms with van der Waals surface area (Å²) in [6.45, 7) is 1.63. The van der Waals surface area contributed by atoms with E-state index in [1.807, 2.05) is 24.3 Å². The van der Waals surface area contributed by atoms with Gasteiger partial charge in [-0.3, -0.25) is 9.79 Å². The predicted molar refractivity (Wildman–Crippen MR) is 135 cm³/mol. The predicted octanol–water partition coefficient (Wildman–Crippen LogP) is 4.92. The van der Waals surface area contributed by atoms with Crippen LogP contribution >= 0.6 is 24.2 Å². The van der Waals surface area contributed by atoms with Gasteiger partial charge in [-0.2, -0.15) is 5.10 Å². The summed E-state index contributed by atoms with van der Waals surface area (Å²) >= 11 is 1.48. The number of halogens is 1. The van der Waals surface area contributed by atoms with Crippen LogP contribution in [0.4, 0.5) is 0 Å². The second-order valence-corrected chi connectivity index (χ2v) is 9.02. The van der Waals surface area contributed by atoms with Crippen LogP contribution in [0.3, 0.4) is 0 Å². The third-order valence-electron chi connectivity index (χ3n) is 6.01. The van der Waals surface area contributed by atoms with Gasteiger partial charge in [-0.25, -0.2) is 5.01 Å². The average Bonchev–Trinajstić information content (AvgIpc) is 3.47. The van der Waals surface area contributed by atoms with Gasteiger partial charge in [0.05, 0.1) is 24.1 Å². The number of amidine groups is 1. The van der Waals surface area contributed by atoms with E-state index >= 15 is 0 Å². The lowest BCUT2D eigenvalue weighted by molar-refractivity contribution is -0.130. The van der Waals surface area contributed by atoms with E-state index in [4.69, 9.17) is 5.10 Å². The minimum Gasteiger partial charge on any atom is -0.363 e. The molecular formula is C25H27ClN4OS. The molecule has 0 saturated heterocycles. The van der Waals surface area contributed by atoms with Gasteiger partial charge in [0.15, 0.2) is 5.17 Å². The molecule has 2 aromatic carbocycles. The van der Waals surface area contributed by atoms with Crippen LogP contribution in [-0.4, -0.2) is 40.6 Å². The Kier molecular flexibility index (Phi) is 7.33. The molecule has 1 N–H and O–H groups in total. The number of hydrogen-bond acceptors (Lipinski definition) is 5. The molecule has 1 aliphatic carbocycles. The van der Waals surface area contributed by atoms with Crippen molar-refractivity contribution in [2.75, 3.05) is 18.8 Å². The molecule has 3 aliphatic rings. The fourth-order valence-corrected chi connectivity index (χ4v) is 5.39. The average molecular weight is 467 g/mol. The van der Waals surface area contributed by atoms with Gasteiger partial charge < -0.3 is 5.32 Å². The molecule has 5 rings (SSSR count). The van der Waals surface area contributed by atoms with Crippen molar-refractivity contribution in [3.05, 3.63) is 77.4 Å². The van der Waals surface area contributed by atoms with Gasteiger partial charge in [0, 0.05) is 12.5 Å². The van der Waals surface area contributed by atoms with Crippen LogP contribution < -0.4 is 5.32 Å². The highest BCUT2D eigenvalue weighted by Crippen LogP contribution is 2.44. The van der Waals surface area contributed by atoms with Crippen molar-refractivity contribution in [3.63, 3.8) is 0 Å². The first-order chi connectivity index (χ1) is 15.3. The van der Waals surface area contributed by atoms with Crippen molar-refractivity contribution in [2.45, 2.75) is 25.3 Å². The van der Waals surface area contributed by atoms with E-state index in [2.05, 4.69) is 52.8 Å². The minimum absolute atomic E-state index is 0. The number of carbonyl (C=O) groups is 1. The van der Waals surface area contributed by atoms with Crippen LogP contribution in [0.2, 0.25) is 0 Å². The highest BCUT2D eigenvalue weighted by molar-refractivity contribution is 8.14. The third kappa shape index (κ3) is 4.76. The number of nitrogens with zero attached hydrogens (tertiary/aromatic N) is 3. The fraction of sp³-hybridized carbons (Fsp3) is 0.320. The van der Waals surface area contributed by atoms with Crippen molar-refractivity contribution >= 4 is 47.0 Å². The number of nitrogens with one attached hydrogen (secondary N) is 1. The highest BCUT2D eigenvalue weighted by atomic mass is 35.5. The molecule has 0 spiro atoms. The Morgan fingerprint density at radius 2 is 1.88 bits per heavy atom. The molecule has 2 heterocycles. The van der Waals surface area contributed by atoms with E-state index in [1.165, 1.54) is 22.9 Å². The Bertz CT molecular complexity index is 1040. The quantitative estimate of drug-likeness (QED) is 0.695. The molecule has 0 radical (unpaired) electrons. The monoisotopic (exact) mass is 466 g/mol. The minimum atomic E-state index is -0.0396. The first-order valence-electron chi connectivity index (χ1n) is 10.9. The molecule has 5 nitrogen and oxygen atoms in total. The Balaban J connectivity index is 0.00000245. The van der Waals surface area contributed by atoms with Gasteiger partial charge in [-0.1, -0.05) is 72.4 Å². The smallest absolute Gasteiger partial charge is 0.253 e. The van der Waals surface area contributed by atoms with Gasteiger partial charge in [0.2, 0.25) is 0 Å². The summed E-state index contributed by atoms with van der Waals surface area (Å²) in [6, 6.07) is 20.7. The largest absolute Gasteiger partial charge is 0.363 e. The molecule has 7 heteroatoms. The van der Waals surface area contributed by atoms with E-state index in [1.54, 1.807) is 5.01 Å². The molecule has 1 fully saturated rings. The summed E-state index contributed by atoms with van der Waals surface area (Å²) in [5, 5.41) is 10.8. The summed E-state index contributed by atoms with van der Waals surface area (Å²) in [4.78, 5) is 17.7. The van der Waals surface area contributed by atoms with E-state index in [0.717, 1.165) is 48.8 Å². The summed E-state index contributed by atoms with van der Waals surface area (Å²) < 4.78 is 0. The van der Waals surface area contributed by atoms with Crippen molar-refractivity contribution in [1.82, 2.24) is 10.3 Å². The van der Waals surface area contributed by atoms with Crippen LogP contribution in [0.5, 0.6) is 0 Å². The van der Waals surface area contributed by atoms with Gasteiger partial charge >= 0.3 is 0 Å². The zero-order valence-corrected chi connectivity index (χ0v) is 19.4. The number of amides is 1. The number of aliphatic imine (C=N–C) groups is 1. The molecule has 2 aliphatic heterocycles. The SMILES string of the molecule is Cl.O=C(CSC1=NCCN1)N1N=C2/C(=C/c3ccccc3)CCCC2C1c1ccccc1. The number of thioether (sulfide) groups is 1. The summed E-state index contributed by atoms with van der Waals surface area (Å²) in [7, 11) is 0. The molecule has 32 heavy (non-hydrogen) atoms. The standard InChI is InChI=1S/C25H26N4OS.ClH/c30-22(17-31-25-26-14-15-27-25)29-24(19-10-5-2-6-11-19)21-13-7-12-20(23(21)28-29)16-18-8-3-1-4-9-18;/h1-6,8-11,16,21,24H,7,12-15,17H2,(H,26,27);1H/b20-16+;. The normalized spacial score (nSPS) is 23.1. The lowest BCUT2D eigenvalue weighted by atomic mass is 9.77. The summed E-state index contributed by atoms with van der Waals surface area (Å²) in [6.07, 6.45) is 5.41. The molecule has 1 amide bonds. The highest BCUT2D eigenvalue weighted by Gasteiger charge is 2.43. The van der Waals surface area contributed by atoms with Crippen molar-refractivity contribution in [2.24, 2.45) is 16.0 Å². The molecule has 1 saturated carbocycles. The summed E-state index contributed by atoms with van der Waals surface area (Å²) in [5.41, 5.74) is 4.68. The maximum absolute atomic E-state index is 13.3. The third-order valence-corrected chi connectivity index (χ3v) is 6.95. The van der Waals surface area contributed by atoms with Gasteiger partial charge in [0.25, 0.3) is 5.91 Å². The van der Waals surface area contributed by atoms with Crippen molar-refractivity contribution in [1.29, 1.82) is 0 Å². The first kappa shape index (κ1) is 22.6. The number of allylic oxidation sites excluding steroid dienone is 1. The molecular weight excluding hydrogens is 440 g/mol. The van der Waals surface area contributed by atoms with Gasteiger partial charge in [-0.05, 0) is 42.0 Å². The number of fused-ring (bicyclic) bond motifs is 1. The zero-order valence-electron chi connectivity index (χ0n) is 17.8. The Hall–Kier alpha value is -2.57. The topological polar surface area (TPSA) is 57.1 Å². The molecule has 0 aromatic heterocycles. The van der Waals surface area contributed by atoms with E-state index in [0.29, 0.717) is 5.75 Å². The first-order valence-corrected chi connectivity index (χ1v) is 11.9. The Labute approximate surface area is 199 Å². The van der Waals surface area contributed by atoms with Crippen LogP contribution in [0.1, 0.15) is 36.4 Å². The van der Waals surface area contributed by atoms with Crippen molar-refractivity contribution < 1.29 is 4.79 Å². The lowest BCUT2D eigenvalue weighted by Gasteiger charge is -2.29. The number of hydrogen-bond donors (Lipinski definition) is 1. The number of carbonyl (C=O) groups excluding carboxylic acids is 1. The molecule has 2 atom stereocenters. The van der Waals surface area contributed by atoms with Crippen LogP contribution in [-0.2, 0) is 4.79 Å². The van der Waals surface area contributed by atoms with Crippen LogP contribution in [0.25, 0.3) is 6.08 Å². The van der Waals surface area contributed by atoms with E-state index in [9.17, 15) is 4.79 Å². The second kappa shape index (κ2) is 10.4. The number of rotatable bonds is 4. The molecule has 0 bridgehead atoms. The molecule has 166 valence electrons. The van der Waals surface area contributed by atoms with E-state index in [-0.39, 0.29) is 30.3 Å².